The third kappa shape index (κ3) is 6.33. The zero-order valence-electron chi connectivity index (χ0n) is 25.7. The molecule has 2 aromatic carbocycles. The summed E-state index contributed by atoms with van der Waals surface area (Å²) in [5.74, 6) is 0.337. The highest BCUT2D eigenvalue weighted by molar-refractivity contribution is 7.91. The highest BCUT2D eigenvalue weighted by Gasteiger charge is 2.43. The summed E-state index contributed by atoms with van der Waals surface area (Å²) in [7, 11) is -0.548. The van der Waals surface area contributed by atoms with Gasteiger partial charge < -0.3 is 14.4 Å². The summed E-state index contributed by atoms with van der Waals surface area (Å²) in [4.78, 5) is 34.5. The molecule has 0 unspecified atom stereocenters. The lowest BCUT2D eigenvalue weighted by atomic mass is 9.99. The first-order valence-electron chi connectivity index (χ1n) is 15.6. The van der Waals surface area contributed by atoms with Gasteiger partial charge >= 0.3 is 0 Å². The van der Waals surface area contributed by atoms with Crippen molar-refractivity contribution in [1.29, 1.82) is 0 Å². The molecule has 6 rings (SSSR count). The molecule has 1 N–H and O–H groups in total. The minimum absolute atomic E-state index is 0.156. The van der Waals surface area contributed by atoms with Crippen LogP contribution in [0.25, 0.3) is 0 Å². The zero-order valence-corrected chi connectivity index (χ0v) is 27.4. The number of hydrogen-bond acceptors (Lipinski definition) is 9. The number of amides is 2. The molecule has 1 saturated heterocycles. The molecule has 45 heavy (non-hydrogen) atoms. The van der Waals surface area contributed by atoms with Crippen LogP contribution in [0.5, 0.6) is 11.5 Å². The number of nitrogens with zero attached hydrogens (tertiary/aromatic N) is 3. The molecule has 1 saturated carbocycles. The number of methoxy groups -OCH3 is 2. The first-order valence-corrected chi connectivity index (χ1v) is 17.9. The number of nitrogens with one attached hydrogen (secondary N) is 1. The van der Waals surface area contributed by atoms with Gasteiger partial charge in [0.25, 0.3) is 11.8 Å². The van der Waals surface area contributed by atoms with Crippen LogP contribution in [-0.2, 0) is 10.0 Å². The predicted octanol–water partition coefficient (Wildman–Crippen LogP) is 4.93. The Hall–Kier alpha value is -3.45. The number of benzene rings is 2. The summed E-state index contributed by atoms with van der Waals surface area (Å²) in [5.41, 5.74) is 2.35. The van der Waals surface area contributed by atoms with E-state index in [-0.39, 0.29) is 22.6 Å². The summed E-state index contributed by atoms with van der Waals surface area (Å²) >= 11 is 1.15. The molecular weight excluding hydrogens is 613 g/mol. The number of rotatable bonds is 12. The second-order valence-electron chi connectivity index (χ2n) is 11.7. The molecule has 2 amide bonds. The number of hydrogen-bond donors (Lipinski definition) is 1. The largest absolute Gasteiger partial charge is 0.493 e. The topological polar surface area (TPSA) is 108 Å². The number of piperazine rings is 1. The van der Waals surface area contributed by atoms with Crippen LogP contribution in [0.15, 0.2) is 58.1 Å². The second kappa shape index (κ2) is 13.5. The van der Waals surface area contributed by atoms with E-state index in [2.05, 4.69) is 14.5 Å². The summed E-state index contributed by atoms with van der Waals surface area (Å²) in [6.07, 6.45) is 5.86. The second-order valence-corrected chi connectivity index (χ2v) is 14.7. The maximum absolute atomic E-state index is 14.3. The number of thiophene rings is 1. The van der Waals surface area contributed by atoms with Crippen molar-refractivity contribution in [2.45, 2.75) is 54.8 Å². The Morgan fingerprint density at radius 1 is 0.933 bits per heavy atom. The molecule has 0 bridgehead atoms. The lowest BCUT2D eigenvalue weighted by Gasteiger charge is -2.39. The van der Waals surface area contributed by atoms with Crippen LogP contribution in [0.4, 0.5) is 5.69 Å². The van der Waals surface area contributed by atoms with E-state index in [1.54, 1.807) is 42.8 Å². The Kier molecular flexibility index (Phi) is 9.46. The van der Waals surface area contributed by atoms with Crippen molar-refractivity contribution in [2.75, 3.05) is 51.8 Å². The van der Waals surface area contributed by atoms with Gasteiger partial charge in [0.15, 0.2) is 11.5 Å². The minimum atomic E-state index is -3.64. The molecule has 0 radical (unpaired) electrons. The van der Waals surface area contributed by atoms with E-state index in [9.17, 15) is 18.0 Å². The molecule has 3 aromatic rings. The first-order chi connectivity index (χ1) is 21.8. The van der Waals surface area contributed by atoms with Gasteiger partial charge in [-0.3, -0.25) is 19.4 Å². The minimum Gasteiger partial charge on any atom is -0.493 e. The fourth-order valence-electron chi connectivity index (χ4n) is 6.92. The van der Waals surface area contributed by atoms with E-state index >= 15 is 0 Å². The Bertz CT molecular complexity index is 1630. The van der Waals surface area contributed by atoms with Crippen molar-refractivity contribution < 1.29 is 27.5 Å². The molecule has 2 fully saturated rings. The highest BCUT2D eigenvalue weighted by Crippen LogP contribution is 2.40. The molecule has 1 aliphatic carbocycles. The molecule has 12 heteroatoms. The van der Waals surface area contributed by atoms with Crippen LogP contribution in [0.1, 0.15) is 70.8 Å². The molecule has 1 aromatic heterocycles. The van der Waals surface area contributed by atoms with Crippen LogP contribution in [-0.4, -0.2) is 83.0 Å². The lowest BCUT2D eigenvalue weighted by Crippen LogP contribution is -2.50. The van der Waals surface area contributed by atoms with Gasteiger partial charge in [-0.15, -0.1) is 11.3 Å². The van der Waals surface area contributed by atoms with Crippen LogP contribution < -0.4 is 19.1 Å². The Morgan fingerprint density at radius 2 is 1.69 bits per heavy atom. The van der Waals surface area contributed by atoms with Crippen molar-refractivity contribution in [2.24, 2.45) is 0 Å². The number of anilines is 1. The highest BCUT2D eigenvalue weighted by atomic mass is 32.2. The number of carbonyl (C=O) groups is 2. The van der Waals surface area contributed by atoms with Crippen LogP contribution in [0.3, 0.4) is 0 Å². The van der Waals surface area contributed by atoms with Crippen LogP contribution in [0, 0.1) is 0 Å². The van der Waals surface area contributed by atoms with Crippen molar-refractivity contribution in [3.63, 3.8) is 0 Å². The van der Waals surface area contributed by atoms with Crippen molar-refractivity contribution >= 4 is 38.9 Å². The maximum atomic E-state index is 14.3. The van der Waals surface area contributed by atoms with E-state index in [1.807, 2.05) is 18.2 Å². The van der Waals surface area contributed by atoms with Gasteiger partial charge in [-0.1, -0.05) is 31.0 Å². The van der Waals surface area contributed by atoms with Gasteiger partial charge in [0, 0.05) is 38.8 Å². The third-order valence-electron chi connectivity index (χ3n) is 9.23. The molecule has 0 spiro atoms. The van der Waals surface area contributed by atoms with Gasteiger partial charge in [-0.2, -0.15) is 0 Å². The maximum Gasteiger partial charge on any atom is 0.264 e. The number of carbonyl (C=O) groups excluding carboxylic acids is 2. The quantitative estimate of drug-likeness (QED) is 0.217. The fourth-order valence-corrected chi connectivity index (χ4v) is 9.04. The summed E-state index contributed by atoms with van der Waals surface area (Å²) in [5, 5.41) is 1.72. The van der Waals surface area contributed by atoms with Gasteiger partial charge in [0.1, 0.15) is 4.21 Å². The van der Waals surface area contributed by atoms with Crippen molar-refractivity contribution in [3.05, 3.63) is 70.6 Å². The van der Waals surface area contributed by atoms with Crippen LogP contribution >= 0.6 is 11.3 Å². The number of fused-ring (bicyclic) bond motifs is 1. The Balaban J connectivity index is 1.25. The Labute approximate surface area is 269 Å². The number of sulfonamides is 1. The normalized spacial score (nSPS) is 18.4. The average Bonchev–Trinajstić information content (AvgIpc) is 3.85. The van der Waals surface area contributed by atoms with Gasteiger partial charge in [0.2, 0.25) is 10.0 Å². The molecule has 2 aliphatic heterocycles. The fraction of sp³-hybridized carbons (Fsp3) is 0.455. The van der Waals surface area contributed by atoms with Crippen LogP contribution in [0.2, 0.25) is 0 Å². The van der Waals surface area contributed by atoms with Gasteiger partial charge in [-0.05, 0) is 67.0 Å². The number of ether oxygens (including phenoxy) is 2. The van der Waals surface area contributed by atoms with E-state index in [0.29, 0.717) is 47.1 Å². The molecular formula is C33H40N4O6S2. The Morgan fingerprint density at radius 3 is 2.38 bits per heavy atom. The molecule has 10 nitrogen and oxygen atoms in total. The monoisotopic (exact) mass is 652 g/mol. The van der Waals surface area contributed by atoms with Gasteiger partial charge in [-0.25, -0.2) is 13.1 Å². The lowest BCUT2D eigenvalue weighted by molar-refractivity contribution is 0.0572. The standard InChI is InChI=1S/C33H40N4O6S2/c1-42-28-15-14-23(22-29(28)43-2)26(12-6-16-34-45(40,41)30-13-7-21-44-30)37-32(38)25-10-5-11-27(31(25)33(37)39)36-19-17-35(18-20-36)24-8-3-4-9-24/h5,7,10-11,13-15,21-22,24,26,34H,3-4,6,8-9,12,16-20H2,1-2H3/t26-/m1/s1. The van der Waals surface area contributed by atoms with Crippen molar-refractivity contribution in [3.8, 4) is 11.5 Å². The molecule has 3 aliphatic rings. The van der Waals surface area contributed by atoms with E-state index in [4.69, 9.17) is 9.47 Å². The SMILES string of the molecule is COc1ccc([C@@H](CCCNS(=O)(=O)c2cccs2)N2C(=O)c3cccc(N4CCN(C5CCCC5)CC4)c3C2=O)cc1OC. The smallest absolute Gasteiger partial charge is 0.264 e. The molecule has 3 heterocycles. The first kappa shape index (κ1) is 31.5. The predicted molar refractivity (Wildman–Crippen MR) is 174 cm³/mol. The third-order valence-corrected chi connectivity index (χ3v) is 12.1. The van der Waals surface area contributed by atoms with E-state index < -0.39 is 16.1 Å². The zero-order chi connectivity index (χ0) is 31.6. The molecule has 1 atom stereocenters. The number of imide groups is 1. The van der Waals surface area contributed by atoms with E-state index in [0.717, 1.165) is 43.2 Å². The van der Waals surface area contributed by atoms with Gasteiger partial charge in [0.05, 0.1) is 37.1 Å². The van der Waals surface area contributed by atoms with Crippen molar-refractivity contribution in [1.82, 2.24) is 14.5 Å². The average molecular weight is 653 g/mol. The summed E-state index contributed by atoms with van der Waals surface area (Å²) in [6.45, 7) is 3.64. The summed E-state index contributed by atoms with van der Waals surface area (Å²) < 4.78 is 39.3. The summed E-state index contributed by atoms with van der Waals surface area (Å²) in [6, 6.07) is 14.2. The molecule has 240 valence electrons. The van der Waals surface area contributed by atoms with E-state index in [1.165, 1.54) is 37.7 Å².